The maximum Gasteiger partial charge on any atom is 0.226 e. The van der Waals surface area contributed by atoms with Crippen molar-refractivity contribution in [2.24, 2.45) is 0 Å². The molecule has 0 aliphatic heterocycles. The van der Waals surface area contributed by atoms with Crippen LogP contribution in [0.3, 0.4) is 0 Å². The molecule has 0 aliphatic rings. The maximum absolute atomic E-state index is 11.8. The Bertz CT molecular complexity index is 565. The monoisotopic (exact) mass is 275 g/mol. The topological polar surface area (TPSA) is 54.0 Å². The zero-order chi connectivity index (χ0) is 13.7. The highest BCUT2D eigenvalue weighted by atomic mass is 32.1. The Hall–Kier alpha value is -1.88. The van der Waals surface area contributed by atoms with Crippen molar-refractivity contribution in [3.05, 3.63) is 46.5 Å². The molecule has 0 saturated heterocycles. The van der Waals surface area contributed by atoms with Gasteiger partial charge in [0.25, 0.3) is 0 Å². The Kier molecular flexibility index (Phi) is 4.52. The molecule has 2 aromatic rings. The SMILES string of the molecule is CNc1nc(CC(=O)NCc2cccc(C)c2)cs1. The number of nitrogens with zero attached hydrogens (tertiary/aromatic N) is 1. The first-order chi connectivity index (χ1) is 9.17. The van der Waals surface area contributed by atoms with Crippen molar-refractivity contribution in [3.63, 3.8) is 0 Å². The Labute approximate surface area is 116 Å². The van der Waals surface area contributed by atoms with Crippen LogP contribution in [0.25, 0.3) is 0 Å². The number of hydrogen-bond donors (Lipinski definition) is 2. The molecule has 2 N–H and O–H groups in total. The predicted octanol–water partition coefficient (Wildman–Crippen LogP) is 2.35. The number of rotatable bonds is 5. The quantitative estimate of drug-likeness (QED) is 0.880. The average Bonchev–Trinajstić information content (AvgIpc) is 2.84. The molecule has 2 rings (SSSR count). The van der Waals surface area contributed by atoms with Gasteiger partial charge in [-0.15, -0.1) is 11.3 Å². The molecule has 5 heteroatoms. The summed E-state index contributed by atoms with van der Waals surface area (Å²) in [6.45, 7) is 2.60. The standard InChI is InChI=1S/C14H17N3OS/c1-10-4-3-5-11(6-10)8-16-13(18)7-12-9-19-14(15-2)17-12/h3-6,9H,7-8H2,1-2H3,(H,15,17)(H,16,18). The number of amides is 1. The summed E-state index contributed by atoms with van der Waals surface area (Å²) < 4.78 is 0. The van der Waals surface area contributed by atoms with E-state index in [0.29, 0.717) is 13.0 Å². The number of anilines is 1. The van der Waals surface area contributed by atoms with Gasteiger partial charge in [0.2, 0.25) is 5.91 Å². The van der Waals surface area contributed by atoms with Crippen molar-refractivity contribution >= 4 is 22.4 Å². The first-order valence-electron chi connectivity index (χ1n) is 6.12. The largest absolute Gasteiger partial charge is 0.365 e. The smallest absolute Gasteiger partial charge is 0.226 e. The van der Waals surface area contributed by atoms with Gasteiger partial charge in [-0.2, -0.15) is 0 Å². The van der Waals surface area contributed by atoms with Gasteiger partial charge in [0.1, 0.15) is 0 Å². The minimum atomic E-state index is -0.00513. The first-order valence-corrected chi connectivity index (χ1v) is 7.00. The summed E-state index contributed by atoms with van der Waals surface area (Å²) in [6.07, 6.45) is 0.323. The average molecular weight is 275 g/mol. The molecule has 1 amide bonds. The highest BCUT2D eigenvalue weighted by molar-refractivity contribution is 7.13. The fourth-order valence-electron chi connectivity index (χ4n) is 1.75. The van der Waals surface area contributed by atoms with Gasteiger partial charge in [0.05, 0.1) is 12.1 Å². The van der Waals surface area contributed by atoms with Crippen molar-refractivity contribution in [1.82, 2.24) is 10.3 Å². The second-order valence-electron chi connectivity index (χ2n) is 4.34. The van der Waals surface area contributed by atoms with Crippen LogP contribution in [-0.2, 0) is 17.8 Å². The molecule has 0 saturated carbocycles. The number of aromatic nitrogens is 1. The molecule has 100 valence electrons. The van der Waals surface area contributed by atoms with Gasteiger partial charge in [-0.25, -0.2) is 4.98 Å². The minimum Gasteiger partial charge on any atom is -0.365 e. The van der Waals surface area contributed by atoms with Gasteiger partial charge >= 0.3 is 0 Å². The van der Waals surface area contributed by atoms with Crippen LogP contribution in [0.2, 0.25) is 0 Å². The van der Waals surface area contributed by atoms with E-state index >= 15 is 0 Å². The third-order valence-corrected chi connectivity index (χ3v) is 3.59. The van der Waals surface area contributed by atoms with Crippen LogP contribution in [0.1, 0.15) is 16.8 Å². The van der Waals surface area contributed by atoms with Crippen LogP contribution in [-0.4, -0.2) is 17.9 Å². The number of carbonyl (C=O) groups excluding carboxylic acids is 1. The second-order valence-corrected chi connectivity index (χ2v) is 5.19. The van der Waals surface area contributed by atoms with Crippen molar-refractivity contribution in [3.8, 4) is 0 Å². The summed E-state index contributed by atoms with van der Waals surface area (Å²) in [6, 6.07) is 8.12. The molecular formula is C14H17N3OS. The summed E-state index contributed by atoms with van der Waals surface area (Å²) in [5, 5.41) is 8.60. The van der Waals surface area contributed by atoms with Gasteiger partial charge in [0, 0.05) is 19.0 Å². The zero-order valence-corrected chi connectivity index (χ0v) is 11.9. The van der Waals surface area contributed by atoms with Crippen LogP contribution < -0.4 is 10.6 Å². The Balaban J connectivity index is 1.84. The van der Waals surface area contributed by atoms with Crippen LogP contribution in [0.4, 0.5) is 5.13 Å². The van der Waals surface area contributed by atoms with Gasteiger partial charge in [-0.3, -0.25) is 4.79 Å². The minimum absolute atomic E-state index is 0.00513. The Morgan fingerprint density at radius 3 is 2.95 bits per heavy atom. The maximum atomic E-state index is 11.8. The predicted molar refractivity (Wildman–Crippen MR) is 78.4 cm³/mol. The zero-order valence-electron chi connectivity index (χ0n) is 11.1. The number of benzene rings is 1. The van der Waals surface area contributed by atoms with E-state index in [4.69, 9.17) is 0 Å². The van der Waals surface area contributed by atoms with E-state index in [1.165, 1.54) is 16.9 Å². The van der Waals surface area contributed by atoms with Crippen LogP contribution in [0, 0.1) is 6.92 Å². The fourth-order valence-corrected chi connectivity index (χ4v) is 2.42. The molecule has 0 spiro atoms. The molecule has 1 heterocycles. The number of thiazole rings is 1. The van der Waals surface area contributed by atoms with E-state index in [1.54, 1.807) is 0 Å². The normalized spacial score (nSPS) is 10.2. The molecule has 4 nitrogen and oxygen atoms in total. The van der Waals surface area contributed by atoms with Crippen LogP contribution in [0.5, 0.6) is 0 Å². The molecule has 1 aromatic carbocycles. The van der Waals surface area contributed by atoms with E-state index < -0.39 is 0 Å². The van der Waals surface area contributed by atoms with Gasteiger partial charge < -0.3 is 10.6 Å². The summed E-state index contributed by atoms with van der Waals surface area (Å²) in [5.74, 6) is -0.00513. The van der Waals surface area contributed by atoms with E-state index in [0.717, 1.165) is 16.4 Å². The molecule has 0 fully saturated rings. The molecular weight excluding hydrogens is 258 g/mol. The Morgan fingerprint density at radius 1 is 1.42 bits per heavy atom. The molecule has 0 bridgehead atoms. The number of carbonyl (C=O) groups is 1. The molecule has 0 aliphatic carbocycles. The lowest BCUT2D eigenvalue weighted by Gasteiger charge is -2.05. The lowest BCUT2D eigenvalue weighted by atomic mass is 10.1. The third-order valence-electron chi connectivity index (χ3n) is 2.68. The summed E-state index contributed by atoms with van der Waals surface area (Å²) >= 11 is 1.51. The Morgan fingerprint density at radius 2 is 2.26 bits per heavy atom. The van der Waals surface area contributed by atoms with Crippen molar-refractivity contribution in [1.29, 1.82) is 0 Å². The highest BCUT2D eigenvalue weighted by Gasteiger charge is 2.07. The highest BCUT2D eigenvalue weighted by Crippen LogP contribution is 2.14. The number of nitrogens with one attached hydrogen (secondary N) is 2. The fraction of sp³-hybridized carbons (Fsp3) is 0.286. The second kappa shape index (κ2) is 6.33. The van der Waals surface area contributed by atoms with E-state index in [1.807, 2.05) is 37.6 Å². The van der Waals surface area contributed by atoms with Crippen LogP contribution >= 0.6 is 11.3 Å². The molecule has 19 heavy (non-hydrogen) atoms. The van der Waals surface area contributed by atoms with Gasteiger partial charge in [0.15, 0.2) is 5.13 Å². The van der Waals surface area contributed by atoms with E-state index in [9.17, 15) is 4.79 Å². The van der Waals surface area contributed by atoms with Gasteiger partial charge in [-0.1, -0.05) is 29.8 Å². The van der Waals surface area contributed by atoms with Crippen molar-refractivity contribution in [2.75, 3.05) is 12.4 Å². The summed E-state index contributed by atoms with van der Waals surface area (Å²) in [5.41, 5.74) is 3.11. The lowest BCUT2D eigenvalue weighted by molar-refractivity contribution is -0.120. The third kappa shape index (κ3) is 4.06. The molecule has 0 atom stereocenters. The summed E-state index contributed by atoms with van der Waals surface area (Å²) in [4.78, 5) is 16.1. The van der Waals surface area contributed by atoms with E-state index in [2.05, 4.69) is 21.7 Å². The molecule has 0 unspecified atom stereocenters. The number of aryl methyl sites for hydroxylation is 1. The molecule has 1 aromatic heterocycles. The molecule has 0 radical (unpaired) electrons. The van der Waals surface area contributed by atoms with E-state index in [-0.39, 0.29) is 5.91 Å². The lowest BCUT2D eigenvalue weighted by Crippen LogP contribution is -2.24. The van der Waals surface area contributed by atoms with Crippen LogP contribution in [0.15, 0.2) is 29.6 Å². The number of hydrogen-bond acceptors (Lipinski definition) is 4. The van der Waals surface area contributed by atoms with Crippen molar-refractivity contribution < 1.29 is 4.79 Å². The van der Waals surface area contributed by atoms with Crippen molar-refractivity contribution in [2.45, 2.75) is 19.9 Å². The van der Waals surface area contributed by atoms with Gasteiger partial charge in [-0.05, 0) is 12.5 Å². The summed E-state index contributed by atoms with van der Waals surface area (Å²) in [7, 11) is 1.82. The first kappa shape index (κ1) is 13.5.